The summed E-state index contributed by atoms with van der Waals surface area (Å²) >= 11 is 3.42. The van der Waals surface area contributed by atoms with Crippen LogP contribution in [0.5, 0.6) is 0 Å². The average Bonchev–Trinajstić information content (AvgIpc) is 2.80. The summed E-state index contributed by atoms with van der Waals surface area (Å²) in [6.45, 7) is 3.27. The van der Waals surface area contributed by atoms with E-state index in [1.54, 1.807) is 6.07 Å². The molecule has 2 amide bonds. The summed E-state index contributed by atoms with van der Waals surface area (Å²) in [5.74, 6) is 0.474. The second-order valence-corrected chi connectivity index (χ2v) is 8.98. The number of amides is 2. The van der Waals surface area contributed by atoms with Crippen molar-refractivity contribution < 1.29 is 9.59 Å². The number of carbonyl (C=O) groups is 2. The Morgan fingerprint density at radius 1 is 0.867 bits per heavy atom. The number of nitrogens with one attached hydrogen (secondary N) is 1. The SMILES string of the molecule is O=C(Nc1ccc(N2CCN(C(=O)C3CCCCC3)CC2)cc1)c1ccccc1Br. The van der Waals surface area contributed by atoms with Gasteiger partial charge in [-0.25, -0.2) is 0 Å². The van der Waals surface area contributed by atoms with Gasteiger partial charge in [0.2, 0.25) is 5.91 Å². The summed E-state index contributed by atoms with van der Waals surface area (Å²) in [7, 11) is 0. The van der Waals surface area contributed by atoms with Gasteiger partial charge in [0.15, 0.2) is 0 Å². The molecule has 0 aromatic heterocycles. The molecule has 1 N–H and O–H groups in total. The van der Waals surface area contributed by atoms with E-state index in [0.29, 0.717) is 11.5 Å². The van der Waals surface area contributed by atoms with Gasteiger partial charge in [-0.05, 0) is 65.2 Å². The summed E-state index contributed by atoms with van der Waals surface area (Å²) in [5.41, 5.74) is 2.50. The van der Waals surface area contributed by atoms with E-state index in [-0.39, 0.29) is 11.8 Å². The third kappa shape index (κ3) is 4.86. The van der Waals surface area contributed by atoms with Crippen LogP contribution in [0.3, 0.4) is 0 Å². The molecule has 0 unspecified atom stereocenters. The molecule has 158 valence electrons. The first-order chi connectivity index (χ1) is 14.6. The van der Waals surface area contributed by atoms with Crippen LogP contribution in [0, 0.1) is 5.92 Å². The number of hydrogen-bond acceptors (Lipinski definition) is 3. The molecule has 1 aliphatic heterocycles. The maximum Gasteiger partial charge on any atom is 0.256 e. The molecule has 1 saturated heterocycles. The molecule has 0 atom stereocenters. The van der Waals surface area contributed by atoms with Crippen molar-refractivity contribution in [1.82, 2.24) is 4.90 Å². The standard InChI is InChI=1S/C24H28BrN3O2/c25-22-9-5-4-8-21(22)23(29)26-19-10-12-20(13-11-19)27-14-16-28(17-15-27)24(30)18-6-2-1-3-7-18/h4-5,8-13,18H,1-3,6-7,14-17H2,(H,26,29). The van der Waals surface area contributed by atoms with Gasteiger partial charge in [0.05, 0.1) is 5.56 Å². The van der Waals surface area contributed by atoms with Crippen molar-refractivity contribution in [3.05, 3.63) is 58.6 Å². The van der Waals surface area contributed by atoms with E-state index in [4.69, 9.17) is 0 Å². The van der Waals surface area contributed by atoms with Gasteiger partial charge in [-0.3, -0.25) is 9.59 Å². The number of rotatable bonds is 4. The maximum atomic E-state index is 12.7. The summed E-state index contributed by atoms with van der Waals surface area (Å²) in [6, 6.07) is 15.3. The zero-order valence-corrected chi connectivity index (χ0v) is 18.7. The second-order valence-electron chi connectivity index (χ2n) is 8.13. The molecule has 2 aliphatic rings. The van der Waals surface area contributed by atoms with E-state index in [1.165, 1.54) is 19.3 Å². The Morgan fingerprint density at radius 2 is 1.53 bits per heavy atom. The van der Waals surface area contributed by atoms with Crippen LogP contribution in [0.2, 0.25) is 0 Å². The highest BCUT2D eigenvalue weighted by Crippen LogP contribution is 2.27. The molecule has 2 fully saturated rings. The number of anilines is 2. The van der Waals surface area contributed by atoms with Crippen molar-refractivity contribution in [2.24, 2.45) is 5.92 Å². The van der Waals surface area contributed by atoms with Gasteiger partial charge in [0.1, 0.15) is 0 Å². The van der Waals surface area contributed by atoms with E-state index >= 15 is 0 Å². The monoisotopic (exact) mass is 469 g/mol. The third-order valence-corrected chi connectivity index (χ3v) is 6.85. The van der Waals surface area contributed by atoms with Crippen molar-refractivity contribution in [3.8, 4) is 0 Å². The Kier molecular flexibility index (Phi) is 6.72. The summed E-state index contributed by atoms with van der Waals surface area (Å²) < 4.78 is 0.778. The predicted octanol–water partition coefficient (Wildman–Crippen LogP) is 4.93. The Bertz CT molecular complexity index is 886. The van der Waals surface area contributed by atoms with Crippen molar-refractivity contribution >= 4 is 39.1 Å². The fourth-order valence-corrected chi connectivity index (χ4v) is 4.86. The molecule has 1 saturated carbocycles. The highest BCUT2D eigenvalue weighted by atomic mass is 79.9. The lowest BCUT2D eigenvalue weighted by atomic mass is 9.88. The van der Waals surface area contributed by atoms with E-state index in [2.05, 4.69) is 31.0 Å². The molecule has 0 bridgehead atoms. The van der Waals surface area contributed by atoms with Crippen LogP contribution in [0.25, 0.3) is 0 Å². The van der Waals surface area contributed by atoms with E-state index < -0.39 is 0 Å². The van der Waals surface area contributed by atoms with Crippen molar-refractivity contribution in [2.75, 3.05) is 36.4 Å². The smallest absolute Gasteiger partial charge is 0.256 e. The largest absolute Gasteiger partial charge is 0.368 e. The predicted molar refractivity (Wildman–Crippen MR) is 124 cm³/mol. The Labute approximate surface area is 186 Å². The highest BCUT2D eigenvalue weighted by molar-refractivity contribution is 9.10. The molecule has 1 heterocycles. The lowest BCUT2D eigenvalue weighted by Crippen LogP contribution is -2.50. The fraction of sp³-hybridized carbons (Fsp3) is 0.417. The Morgan fingerprint density at radius 3 is 2.20 bits per heavy atom. The minimum absolute atomic E-state index is 0.134. The highest BCUT2D eigenvalue weighted by Gasteiger charge is 2.28. The fourth-order valence-electron chi connectivity index (χ4n) is 4.39. The van der Waals surface area contributed by atoms with Crippen molar-refractivity contribution in [2.45, 2.75) is 32.1 Å². The minimum Gasteiger partial charge on any atom is -0.368 e. The van der Waals surface area contributed by atoms with Crippen LogP contribution in [0.15, 0.2) is 53.0 Å². The zero-order chi connectivity index (χ0) is 20.9. The third-order valence-electron chi connectivity index (χ3n) is 6.15. The molecule has 0 spiro atoms. The molecular weight excluding hydrogens is 442 g/mol. The van der Waals surface area contributed by atoms with E-state index in [0.717, 1.165) is 54.9 Å². The van der Waals surface area contributed by atoms with Gasteiger partial charge in [0.25, 0.3) is 5.91 Å². The zero-order valence-electron chi connectivity index (χ0n) is 17.1. The molecule has 2 aromatic carbocycles. The normalized spacial score (nSPS) is 17.6. The molecule has 30 heavy (non-hydrogen) atoms. The molecule has 6 heteroatoms. The minimum atomic E-state index is -0.134. The van der Waals surface area contributed by atoms with Gasteiger partial charge in [-0.1, -0.05) is 31.4 Å². The number of benzene rings is 2. The van der Waals surface area contributed by atoms with Crippen LogP contribution < -0.4 is 10.2 Å². The molecule has 5 nitrogen and oxygen atoms in total. The number of nitrogens with zero attached hydrogens (tertiary/aromatic N) is 2. The van der Waals surface area contributed by atoms with Crippen molar-refractivity contribution in [1.29, 1.82) is 0 Å². The van der Waals surface area contributed by atoms with Gasteiger partial charge in [0, 0.05) is 47.9 Å². The van der Waals surface area contributed by atoms with E-state index in [9.17, 15) is 9.59 Å². The Balaban J connectivity index is 1.31. The quantitative estimate of drug-likeness (QED) is 0.690. The molecule has 2 aromatic rings. The summed E-state index contributed by atoms with van der Waals surface area (Å²) in [6.07, 6.45) is 5.79. The number of piperazine rings is 1. The maximum absolute atomic E-state index is 12.7. The van der Waals surface area contributed by atoms with Gasteiger partial charge < -0.3 is 15.1 Å². The topological polar surface area (TPSA) is 52.7 Å². The second kappa shape index (κ2) is 9.65. The van der Waals surface area contributed by atoms with Gasteiger partial charge in [-0.2, -0.15) is 0 Å². The first kappa shape index (κ1) is 20.9. The van der Waals surface area contributed by atoms with Gasteiger partial charge >= 0.3 is 0 Å². The lowest BCUT2D eigenvalue weighted by molar-refractivity contribution is -0.136. The molecule has 0 radical (unpaired) electrons. The van der Waals surface area contributed by atoms with Crippen LogP contribution >= 0.6 is 15.9 Å². The number of hydrogen-bond donors (Lipinski definition) is 1. The first-order valence-corrected chi connectivity index (χ1v) is 11.6. The lowest BCUT2D eigenvalue weighted by Gasteiger charge is -2.38. The summed E-state index contributed by atoms with van der Waals surface area (Å²) in [4.78, 5) is 29.6. The van der Waals surface area contributed by atoms with Crippen molar-refractivity contribution in [3.63, 3.8) is 0 Å². The van der Waals surface area contributed by atoms with Crippen LogP contribution in [-0.2, 0) is 4.79 Å². The van der Waals surface area contributed by atoms with Gasteiger partial charge in [-0.15, -0.1) is 0 Å². The molecular formula is C24H28BrN3O2. The van der Waals surface area contributed by atoms with Crippen LogP contribution in [0.1, 0.15) is 42.5 Å². The average molecular weight is 470 g/mol. The molecule has 1 aliphatic carbocycles. The summed E-state index contributed by atoms with van der Waals surface area (Å²) in [5, 5.41) is 2.95. The van der Waals surface area contributed by atoms with Crippen LogP contribution in [0.4, 0.5) is 11.4 Å². The Hall–Kier alpha value is -2.34. The molecule has 4 rings (SSSR count). The number of carbonyl (C=O) groups excluding carboxylic acids is 2. The number of halogens is 1. The van der Waals surface area contributed by atoms with Crippen LogP contribution in [-0.4, -0.2) is 42.9 Å². The first-order valence-electron chi connectivity index (χ1n) is 10.8. The van der Waals surface area contributed by atoms with E-state index in [1.807, 2.05) is 42.5 Å².